The molecule has 0 aliphatic carbocycles. The standard InChI is InChI=1S/C15H15NO5/c1-20-9-4-2-8(3-5-9)16-14(17)12-10-6-7-11(21-10)13(12)15(18)19/h2-7,10-13H,1H3,(H,16,17)(H,18,19)/t10-,11+,12-,13+/m1/s1. The summed E-state index contributed by atoms with van der Waals surface area (Å²) < 4.78 is 10.5. The lowest BCUT2D eigenvalue weighted by atomic mass is 9.82. The lowest BCUT2D eigenvalue weighted by Gasteiger charge is -2.21. The minimum Gasteiger partial charge on any atom is -0.497 e. The Balaban J connectivity index is 1.75. The van der Waals surface area contributed by atoms with Crippen molar-refractivity contribution < 1.29 is 24.2 Å². The van der Waals surface area contributed by atoms with E-state index in [0.29, 0.717) is 11.4 Å². The Morgan fingerprint density at radius 2 is 1.76 bits per heavy atom. The second kappa shape index (κ2) is 5.21. The minimum atomic E-state index is -1.01. The van der Waals surface area contributed by atoms with Crippen LogP contribution in [0.25, 0.3) is 0 Å². The first-order chi connectivity index (χ1) is 10.1. The van der Waals surface area contributed by atoms with Gasteiger partial charge < -0.3 is 19.9 Å². The molecule has 6 heteroatoms. The number of amides is 1. The van der Waals surface area contributed by atoms with Gasteiger partial charge in [0.1, 0.15) is 11.7 Å². The quantitative estimate of drug-likeness (QED) is 0.816. The van der Waals surface area contributed by atoms with Gasteiger partial charge in [0.15, 0.2) is 0 Å². The van der Waals surface area contributed by atoms with Crippen LogP contribution in [0.5, 0.6) is 5.75 Å². The smallest absolute Gasteiger partial charge is 0.310 e. The zero-order valence-electron chi connectivity index (χ0n) is 11.4. The number of carbonyl (C=O) groups is 2. The van der Waals surface area contributed by atoms with E-state index < -0.39 is 30.0 Å². The Kier molecular flexibility index (Phi) is 3.39. The fourth-order valence-electron chi connectivity index (χ4n) is 2.81. The van der Waals surface area contributed by atoms with Gasteiger partial charge in [-0.15, -0.1) is 0 Å². The van der Waals surface area contributed by atoms with Crippen LogP contribution in [0.1, 0.15) is 0 Å². The van der Waals surface area contributed by atoms with Crippen molar-refractivity contribution in [2.45, 2.75) is 12.2 Å². The van der Waals surface area contributed by atoms with Gasteiger partial charge in [0.2, 0.25) is 5.91 Å². The van der Waals surface area contributed by atoms with E-state index in [-0.39, 0.29) is 5.91 Å². The molecule has 1 aromatic carbocycles. The average Bonchev–Trinajstić information content (AvgIpc) is 3.08. The summed E-state index contributed by atoms with van der Waals surface area (Å²) in [6, 6.07) is 6.86. The first-order valence-corrected chi connectivity index (χ1v) is 6.61. The molecule has 0 aromatic heterocycles. The number of carbonyl (C=O) groups excluding carboxylic acids is 1. The molecular formula is C15H15NO5. The van der Waals surface area contributed by atoms with Crippen molar-refractivity contribution in [3.05, 3.63) is 36.4 Å². The molecule has 1 fully saturated rings. The maximum Gasteiger partial charge on any atom is 0.310 e. The SMILES string of the molecule is COc1ccc(NC(=O)[C@H]2[C@@H](C(=O)O)[C@@H]3C=C[C@H]2O3)cc1. The van der Waals surface area contributed by atoms with Gasteiger partial charge in [0.05, 0.1) is 25.2 Å². The van der Waals surface area contributed by atoms with E-state index in [1.165, 1.54) is 0 Å². The molecule has 6 nitrogen and oxygen atoms in total. The van der Waals surface area contributed by atoms with Gasteiger partial charge >= 0.3 is 5.97 Å². The molecule has 1 aromatic rings. The number of carboxylic acids is 1. The Hall–Kier alpha value is -2.34. The molecule has 2 heterocycles. The summed E-state index contributed by atoms with van der Waals surface area (Å²) in [7, 11) is 1.56. The molecular weight excluding hydrogens is 274 g/mol. The Morgan fingerprint density at radius 3 is 2.33 bits per heavy atom. The second-order valence-electron chi connectivity index (χ2n) is 5.06. The molecule has 0 saturated carbocycles. The molecule has 0 unspecified atom stereocenters. The van der Waals surface area contributed by atoms with Gasteiger partial charge in [-0.2, -0.15) is 0 Å². The maximum atomic E-state index is 12.4. The van der Waals surface area contributed by atoms with E-state index in [0.717, 1.165) is 0 Å². The van der Waals surface area contributed by atoms with Gasteiger partial charge in [-0.05, 0) is 24.3 Å². The molecule has 2 bridgehead atoms. The van der Waals surface area contributed by atoms with Crippen LogP contribution in [-0.4, -0.2) is 36.3 Å². The fourth-order valence-corrected chi connectivity index (χ4v) is 2.81. The highest BCUT2D eigenvalue weighted by Crippen LogP contribution is 2.39. The Bertz CT molecular complexity index is 595. The van der Waals surface area contributed by atoms with Gasteiger partial charge in [-0.1, -0.05) is 12.2 Å². The molecule has 3 rings (SSSR count). The van der Waals surface area contributed by atoms with E-state index >= 15 is 0 Å². The summed E-state index contributed by atoms with van der Waals surface area (Å²) in [6.07, 6.45) is 2.48. The number of ether oxygens (including phenoxy) is 2. The van der Waals surface area contributed by atoms with Crippen LogP contribution in [-0.2, 0) is 14.3 Å². The van der Waals surface area contributed by atoms with E-state index in [9.17, 15) is 14.7 Å². The highest BCUT2D eigenvalue weighted by Gasteiger charge is 2.53. The van der Waals surface area contributed by atoms with Crippen molar-refractivity contribution in [1.29, 1.82) is 0 Å². The fraction of sp³-hybridized carbons (Fsp3) is 0.333. The summed E-state index contributed by atoms with van der Waals surface area (Å²) in [4.78, 5) is 23.7. The second-order valence-corrected chi connectivity index (χ2v) is 5.06. The van der Waals surface area contributed by atoms with E-state index in [4.69, 9.17) is 9.47 Å². The topological polar surface area (TPSA) is 84.9 Å². The number of carboxylic acid groups (broad SMARTS) is 1. The highest BCUT2D eigenvalue weighted by molar-refractivity contribution is 5.96. The molecule has 4 atom stereocenters. The van der Waals surface area contributed by atoms with Crippen molar-refractivity contribution in [2.75, 3.05) is 12.4 Å². The van der Waals surface area contributed by atoms with Crippen molar-refractivity contribution in [3.63, 3.8) is 0 Å². The molecule has 21 heavy (non-hydrogen) atoms. The summed E-state index contributed by atoms with van der Waals surface area (Å²) >= 11 is 0. The predicted molar refractivity (Wildman–Crippen MR) is 74.0 cm³/mol. The molecule has 1 amide bonds. The van der Waals surface area contributed by atoms with Crippen LogP contribution >= 0.6 is 0 Å². The third kappa shape index (κ3) is 2.38. The van der Waals surface area contributed by atoms with Crippen LogP contribution < -0.4 is 10.1 Å². The third-order valence-electron chi connectivity index (χ3n) is 3.84. The summed E-state index contributed by atoms with van der Waals surface area (Å²) in [5, 5.41) is 12.0. The molecule has 1 saturated heterocycles. The van der Waals surface area contributed by atoms with Crippen molar-refractivity contribution in [2.24, 2.45) is 11.8 Å². The highest BCUT2D eigenvalue weighted by atomic mass is 16.5. The zero-order valence-corrected chi connectivity index (χ0v) is 11.4. The number of anilines is 1. The van der Waals surface area contributed by atoms with Gasteiger partial charge in [-0.3, -0.25) is 9.59 Å². The molecule has 2 aliphatic heterocycles. The van der Waals surface area contributed by atoms with Crippen molar-refractivity contribution in [3.8, 4) is 5.75 Å². The maximum absolute atomic E-state index is 12.4. The lowest BCUT2D eigenvalue weighted by Crippen LogP contribution is -2.39. The molecule has 0 radical (unpaired) electrons. The van der Waals surface area contributed by atoms with Crippen molar-refractivity contribution >= 4 is 17.6 Å². The van der Waals surface area contributed by atoms with Crippen LogP contribution in [0.3, 0.4) is 0 Å². The van der Waals surface area contributed by atoms with Crippen LogP contribution in [0.4, 0.5) is 5.69 Å². The van der Waals surface area contributed by atoms with Gasteiger partial charge in [0.25, 0.3) is 0 Å². The first kappa shape index (κ1) is 13.6. The zero-order chi connectivity index (χ0) is 15.0. The number of aliphatic carboxylic acids is 1. The number of hydrogen-bond acceptors (Lipinski definition) is 4. The molecule has 2 N–H and O–H groups in total. The number of hydrogen-bond donors (Lipinski definition) is 2. The summed E-state index contributed by atoms with van der Waals surface area (Å²) in [5.41, 5.74) is 0.594. The Labute approximate surface area is 121 Å². The van der Waals surface area contributed by atoms with Gasteiger partial charge in [-0.25, -0.2) is 0 Å². The van der Waals surface area contributed by atoms with Gasteiger partial charge in [0, 0.05) is 5.69 Å². The Morgan fingerprint density at radius 1 is 1.14 bits per heavy atom. The van der Waals surface area contributed by atoms with Crippen molar-refractivity contribution in [1.82, 2.24) is 0 Å². The number of fused-ring (bicyclic) bond motifs is 2. The monoisotopic (exact) mass is 289 g/mol. The first-order valence-electron chi connectivity index (χ1n) is 6.61. The van der Waals surface area contributed by atoms with Crippen LogP contribution in [0, 0.1) is 11.8 Å². The van der Waals surface area contributed by atoms with Crippen LogP contribution in [0.2, 0.25) is 0 Å². The number of methoxy groups -OCH3 is 1. The number of rotatable bonds is 4. The van der Waals surface area contributed by atoms with E-state index in [1.807, 2.05) is 0 Å². The number of nitrogens with one attached hydrogen (secondary N) is 1. The normalized spacial score (nSPS) is 29.4. The molecule has 2 aliphatic rings. The third-order valence-corrected chi connectivity index (χ3v) is 3.84. The summed E-state index contributed by atoms with van der Waals surface area (Å²) in [5.74, 6) is -2.22. The minimum absolute atomic E-state index is 0.343. The predicted octanol–water partition coefficient (Wildman–Crippen LogP) is 1.29. The van der Waals surface area contributed by atoms with E-state index in [1.54, 1.807) is 43.5 Å². The molecule has 110 valence electrons. The summed E-state index contributed by atoms with van der Waals surface area (Å²) in [6.45, 7) is 0. The van der Waals surface area contributed by atoms with E-state index in [2.05, 4.69) is 5.32 Å². The average molecular weight is 289 g/mol. The van der Waals surface area contributed by atoms with Crippen LogP contribution in [0.15, 0.2) is 36.4 Å². The molecule has 0 spiro atoms. The number of benzene rings is 1. The lowest BCUT2D eigenvalue weighted by molar-refractivity contribution is -0.145. The largest absolute Gasteiger partial charge is 0.497 e.